The molecule has 0 aliphatic carbocycles. The van der Waals surface area contributed by atoms with Crippen LogP contribution < -0.4 is 5.32 Å². The monoisotopic (exact) mass is 382 g/mol. The molecule has 0 saturated heterocycles. The Morgan fingerprint density at radius 2 is 2.00 bits per heavy atom. The predicted octanol–water partition coefficient (Wildman–Crippen LogP) is 4.92. The molecule has 1 N–H and O–H groups in total. The van der Waals surface area contributed by atoms with Gasteiger partial charge < -0.3 is 14.7 Å². The summed E-state index contributed by atoms with van der Waals surface area (Å²) in [6.07, 6.45) is 1.65. The Balaban J connectivity index is 1.72. The Bertz CT molecular complexity index is 937. The topological polar surface area (TPSA) is 71.3 Å². The lowest BCUT2D eigenvalue weighted by Gasteiger charge is -2.20. The first-order valence-corrected chi connectivity index (χ1v) is 8.75. The molecule has 2 aromatic carbocycles. The zero-order chi connectivity index (χ0) is 19.2. The number of carbonyl (C=O) groups is 1. The molecular formula is C20H19ClN4O2. The van der Waals surface area contributed by atoms with E-state index in [-0.39, 0.29) is 12.6 Å². The lowest BCUT2D eigenvalue weighted by molar-refractivity contribution is 0.206. The van der Waals surface area contributed by atoms with Gasteiger partial charge in [-0.1, -0.05) is 41.0 Å². The van der Waals surface area contributed by atoms with Gasteiger partial charge in [-0.3, -0.25) is 0 Å². The number of benzene rings is 2. The number of aromatic nitrogens is 2. The van der Waals surface area contributed by atoms with Crippen LogP contribution in [-0.4, -0.2) is 27.6 Å². The van der Waals surface area contributed by atoms with Crippen molar-refractivity contribution in [1.29, 1.82) is 0 Å². The Labute approximate surface area is 162 Å². The van der Waals surface area contributed by atoms with Gasteiger partial charge in [0.15, 0.2) is 0 Å². The van der Waals surface area contributed by atoms with Crippen LogP contribution in [0.3, 0.4) is 0 Å². The maximum Gasteiger partial charge on any atom is 0.322 e. The van der Waals surface area contributed by atoms with Crippen LogP contribution in [0.15, 0.2) is 65.7 Å². The maximum absolute atomic E-state index is 12.6. The van der Waals surface area contributed by atoms with Crippen molar-refractivity contribution in [2.24, 2.45) is 0 Å². The number of para-hydroxylation sites is 1. The highest BCUT2D eigenvalue weighted by Gasteiger charge is 2.18. The molecule has 0 fully saturated rings. The third-order valence-electron chi connectivity index (χ3n) is 3.92. The second-order valence-corrected chi connectivity index (χ2v) is 6.37. The first kappa shape index (κ1) is 18.7. The van der Waals surface area contributed by atoms with Gasteiger partial charge in [0.25, 0.3) is 0 Å². The molecule has 0 atom stereocenters. The number of rotatable bonds is 6. The summed E-state index contributed by atoms with van der Waals surface area (Å²) in [6.45, 7) is 6.16. The zero-order valence-corrected chi connectivity index (χ0v) is 15.6. The smallest absolute Gasteiger partial charge is 0.322 e. The molecule has 0 aliphatic heterocycles. The van der Waals surface area contributed by atoms with E-state index < -0.39 is 0 Å². The maximum atomic E-state index is 12.6. The molecule has 0 aliphatic rings. The molecule has 6 nitrogen and oxygen atoms in total. The number of anilines is 1. The Hall–Kier alpha value is -3.12. The second kappa shape index (κ2) is 8.51. The van der Waals surface area contributed by atoms with Crippen LogP contribution in [0.5, 0.6) is 0 Å². The van der Waals surface area contributed by atoms with Crippen LogP contribution in [0.4, 0.5) is 10.5 Å². The van der Waals surface area contributed by atoms with Gasteiger partial charge in [0.05, 0.1) is 0 Å². The lowest BCUT2D eigenvalue weighted by atomic mass is 10.2. The predicted molar refractivity (Wildman–Crippen MR) is 106 cm³/mol. The molecule has 0 bridgehead atoms. The average Bonchev–Trinajstić information content (AvgIpc) is 3.12. The van der Waals surface area contributed by atoms with E-state index in [0.29, 0.717) is 23.3 Å². The highest BCUT2D eigenvalue weighted by atomic mass is 35.5. The zero-order valence-electron chi connectivity index (χ0n) is 14.9. The quantitative estimate of drug-likeness (QED) is 0.614. The van der Waals surface area contributed by atoms with Gasteiger partial charge in [0.2, 0.25) is 11.7 Å². The highest BCUT2D eigenvalue weighted by Crippen LogP contribution is 2.19. The minimum Gasteiger partial charge on any atom is -0.337 e. The van der Waals surface area contributed by atoms with Gasteiger partial charge >= 0.3 is 6.03 Å². The fourth-order valence-corrected chi connectivity index (χ4v) is 2.61. The standard InChI is InChI=1S/C20H19ClN4O2/c1-3-12-25(20(26)22-17-7-5-4-6-14(17)2)13-18-23-19(24-27-18)15-8-10-16(21)11-9-15/h3-11H,1,12-13H2,2H3,(H,22,26). The van der Waals surface area contributed by atoms with Crippen LogP contribution >= 0.6 is 11.6 Å². The Kier molecular flexibility index (Phi) is 5.88. The Morgan fingerprint density at radius 1 is 1.26 bits per heavy atom. The van der Waals surface area contributed by atoms with Crippen LogP contribution in [0.2, 0.25) is 5.02 Å². The van der Waals surface area contributed by atoms with Crippen LogP contribution in [0, 0.1) is 6.92 Å². The van der Waals surface area contributed by atoms with Gasteiger partial charge in [-0.05, 0) is 42.8 Å². The Morgan fingerprint density at radius 3 is 2.70 bits per heavy atom. The largest absolute Gasteiger partial charge is 0.337 e. The normalized spacial score (nSPS) is 10.4. The van der Waals surface area contributed by atoms with Crippen molar-refractivity contribution in [2.75, 3.05) is 11.9 Å². The van der Waals surface area contributed by atoms with Crippen LogP contribution in [0.1, 0.15) is 11.5 Å². The number of halogens is 1. The van der Waals surface area contributed by atoms with E-state index in [1.165, 1.54) is 0 Å². The minimum atomic E-state index is -0.268. The average molecular weight is 383 g/mol. The highest BCUT2D eigenvalue weighted by molar-refractivity contribution is 6.30. The molecule has 2 amide bonds. The van der Waals surface area contributed by atoms with Crippen molar-refractivity contribution in [2.45, 2.75) is 13.5 Å². The number of urea groups is 1. The summed E-state index contributed by atoms with van der Waals surface area (Å²) in [5, 5.41) is 7.50. The van der Waals surface area contributed by atoms with E-state index in [4.69, 9.17) is 16.1 Å². The van der Waals surface area contributed by atoms with Crippen molar-refractivity contribution < 1.29 is 9.32 Å². The van der Waals surface area contributed by atoms with E-state index in [0.717, 1.165) is 16.8 Å². The molecule has 3 rings (SSSR count). The molecule has 27 heavy (non-hydrogen) atoms. The van der Waals surface area contributed by atoms with Crippen molar-refractivity contribution in [3.8, 4) is 11.4 Å². The van der Waals surface area contributed by atoms with Crippen LogP contribution in [-0.2, 0) is 6.54 Å². The summed E-state index contributed by atoms with van der Waals surface area (Å²) in [6, 6.07) is 14.4. The van der Waals surface area contributed by atoms with E-state index >= 15 is 0 Å². The number of hydrogen-bond acceptors (Lipinski definition) is 4. The third-order valence-corrected chi connectivity index (χ3v) is 4.17. The molecule has 0 spiro atoms. The van der Waals surface area contributed by atoms with Crippen LogP contribution in [0.25, 0.3) is 11.4 Å². The van der Waals surface area contributed by atoms with Crippen molar-refractivity contribution >= 4 is 23.3 Å². The molecule has 138 valence electrons. The third kappa shape index (κ3) is 4.74. The fraction of sp³-hybridized carbons (Fsp3) is 0.150. The first-order chi connectivity index (χ1) is 13.1. The summed E-state index contributed by atoms with van der Waals surface area (Å²) < 4.78 is 5.30. The van der Waals surface area contributed by atoms with Gasteiger partial charge in [-0.25, -0.2) is 4.79 Å². The summed E-state index contributed by atoms with van der Waals surface area (Å²) in [5.74, 6) is 0.779. The van der Waals surface area contributed by atoms with Crippen molar-refractivity contribution in [3.05, 3.63) is 77.7 Å². The summed E-state index contributed by atoms with van der Waals surface area (Å²) >= 11 is 5.90. The number of aryl methyl sites for hydroxylation is 1. The fourth-order valence-electron chi connectivity index (χ4n) is 2.48. The number of hydrogen-bond donors (Lipinski definition) is 1. The van der Waals surface area contributed by atoms with E-state index in [1.807, 2.05) is 43.3 Å². The number of nitrogens with zero attached hydrogens (tertiary/aromatic N) is 3. The molecule has 0 unspecified atom stereocenters. The number of carbonyl (C=O) groups excluding carboxylic acids is 1. The second-order valence-electron chi connectivity index (χ2n) is 5.93. The van der Waals surface area contributed by atoms with Gasteiger partial charge in [-0.2, -0.15) is 4.98 Å². The van der Waals surface area contributed by atoms with Crippen molar-refractivity contribution in [1.82, 2.24) is 15.0 Å². The van der Waals surface area contributed by atoms with E-state index in [2.05, 4.69) is 22.0 Å². The lowest BCUT2D eigenvalue weighted by Crippen LogP contribution is -2.34. The SMILES string of the molecule is C=CCN(Cc1nc(-c2ccc(Cl)cc2)no1)C(=O)Nc1ccccc1C. The van der Waals surface area contributed by atoms with Gasteiger partial charge in [0.1, 0.15) is 6.54 Å². The summed E-state index contributed by atoms with van der Waals surface area (Å²) in [7, 11) is 0. The summed E-state index contributed by atoms with van der Waals surface area (Å²) in [5.41, 5.74) is 2.52. The molecular weight excluding hydrogens is 364 g/mol. The molecule has 1 aromatic heterocycles. The number of nitrogens with one attached hydrogen (secondary N) is 1. The molecule has 1 heterocycles. The van der Waals surface area contributed by atoms with Crippen molar-refractivity contribution in [3.63, 3.8) is 0 Å². The van der Waals surface area contributed by atoms with E-state index in [1.54, 1.807) is 23.1 Å². The summed E-state index contributed by atoms with van der Waals surface area (Å²) in [4.78, 5) is 18.5. The molecule has 7 heteroatoms. The number of amides is 2. The van der Waals surface area contributed by atoms with E-state index in [9.17, 15) is 4.79 Å². The minimum absolute atomic E-state index is 0.171. The van der Waals surface area contributed by atoms with Gasteiger partial charge in [0, 0.05) is 22.8 Å². The molecule has 0 saturated carbocycles. The van der Waals surface area contributed by atoms with Gasteiger partial charge in [-0.15, -0.1) is 6.58 Å². The molecule has 3 aromatic rings. The first-order valence-electron chi connectivity index (χ1n) is 8.38. The molecule has 0 radical (unpaired) electrons.